The van der Waals surface area contributed by atoms with Crippen molar-refractivity contribution >= 4 is 17.2 Å². The molecule has 188 valence electrons. The van der Waals surface area contributed by atoms with Gasteiger partial charge < -0.3 is 15.1 Å². The van der Waals surface area contributed by atoms with Crippen molar-refractivity contribution < 1.29 is 23.8 Å². The van der Waals surface area contributed by atoms with Crippen molar-refractivity contribution in [3.8, 4) is 16.3 Å². The molecule has 12 heteroatoms. The lowest BCUT2D eigenvalue weighted by Gasteiger charge is -2.55. The average molecular weight is 516 g/mol. The molecule has 0 radical (unpaired) electrons. The van der Waals surface area contributed by atoms with Crippen LogP contribution in [0.15, 0.2) is 29.2 Å². The lowest BCUT2D eigenvalue weighted by molar-refractivity contribution is -0.00661. The Hall–Kier alpha value is -3.38. The van der Waals surface area contributed by atoms with Crippen molar-refractivity contribution in [2.75, 3.05) is 25.7 Å². The molecule has 36 heavy (non-hydrogen) atoms. The van der Waals surface area contributed by atoms with Crippen LogP contribution in [0.4, 0.5) is 8.78 Å². The van der Waals surface area contributed by atoms with Gasteiger partial charge >= 0.3 is 0 Å². The maximum atomic E-state index is 14.1. The predicted octanol–water partition coefficient (Wildman–Crippen LogP) is 2.08. The van der Waals surface area contributed by atoms with E-state index in [4.69, 9.17) is 0 Å². The first-order valence-electron chi connectivity index (χ1n) is 11.5. The first-order valence-corrected chi connectivity index (χ1v) is 12.3. The number of carbonyl (C=O) groups is 1. The molecule has 1 unspecified atom stereocenters. The molecular formula is C24H23F2N5O4S. The van der Waals surface area contributed by atoms with Gasteiger partial charge in [0.15, 0.2) is 16.5 Å². The normalized spacial score (nSPS) is 26.5. The topological polar surface area (TPSA) is 112 Å². The zero-order valence-corrected chi connectivity index (χ0v) is 20.3. The first kappa shape index (κ1) is 23.0. The molecule has 3 atom stereocenters. The lowest BCUT2D eigenvalue weighted by Crippen LogP contribution is -2.71. The molecule has 9 nitrogen and oxygen atoms in total. The Morgan fingerprint density at radius 3 is 2.69 bits per heavy atom. The standard InChI is InChI=1S/C24H23F2N5O4S/c1-29-22(35)18-20(34)19(33)15(10-31(18)30(2)24(29)6-5-13-9-23(13,24)11-32)21-28-27-17(36-21)7-12-3-4-14(25)8-16(12)26/h3-4,8,10,13,32,34H,5-7,9,11H2,1-2H3/t13-,23-,24?/m1/s1. The highest BCUT2D eigenvalue weighted by Gasteiger charge is 2.75. The predicted molar refractivity (Wildman–Crippen MR) is 126 cm³/mol. The number of aliphatic hydroxyl groups excluding tert-OH is 1. The fourth-order valence-electron chi connectivity index (χ4n) is 6.34. The molecule has 1 aromatic carbocycles. The van der Waals surface area contributed by atoms with Gasteiger partial charge in [-0.25, -0.2) is 8.78 Å². The Bertz CT molecular complexity index is 1490. The summed E-state index contributed by atoms with van der Waals surface area (Å²) in [7, 11) is 3.42. The number of hydrogen-bond donors (Lipinski definition) is 2. The maximum Gasteiger partial charge on any atom is 0.278 e. The van der Waals surface area contributed by atoms with E-state index < -0.39 is 39.8 Å². The molecule has 2 aliphatic carbocycles. The summed E-state index contributed by atoms with van der Waals surface area (Å²) in [6.07, 6.45) is 3.81. The highest BCUT2D eigenvalue weighted by atomic mass is 32.1. The van der Waals surface area contributed by atoms with E-state index in [9.17, 15) is 28.6 Å². The summed E-state index contributed by atoms with van der Waals surface area (Å²) in [5, 5.41) is 31.7. The Morgan fingerprint density at radius 1 is 1.22 bits per heavy atom. The third-order valence-electron chi connectivity index (χ3n) is 8.29. The van der Waals surface area contributed by atoms with Gasteiger partial charge in [-0.05, 0) is 36.8 Å². The molecule has 2 N–H and O–H groups in total. The Balaban J connectivity index is 1.43. The van der Waals surface area contributed by atoms with Crippen LogP contribution in [-0.4, -0.2) is 62.3 Å². The van der Waals surface area contributed by atoms with Crippen molar-refractivity contribution in [2.45, 2.75) is 31.3 Å². The summed E-state index contributed by atoms with van der Waals surface area (Å²) < 4.78 is 28.8. The van der Waals surface area contributed by atoms with Gasteiger partial charge in [0.1, 0.15) is 22.3 Å². The molecule has 1 amide bonds. The zero-order valence-electron chi connectivity index (χ0n) is 19.5. The number of amides is 1. The van der Waals surface area contributed by atoms with E-state index in [1.54, 1.807) is 19.0 Å². The van der Waals surface area contributed by atoms with Crippen molar-refractivity contribution in [3.05, 3.63) is 62.5 Å². The van der Waals surface area contributed by atoms with E-state index in [1.165, 1.54) is 16.9 Å². The number of aromatic hydroxyl groups is 1. The van der Waals surface area contributed by atoms with Gasteiger partial charge in [-0.2, -0.15) is 0 Å². The summed E-state index contributed by atoms with van der Waals surface area (Å²) in [6.45, 7) is -0.0757. The molecule has 1 aliphatic heterocycles. The van der Waals surface area contributed by atoms with Crippen LogP contribution in [0, 0.1) is 23.0 Å². The molecular weight excluding hydrogens is 492 g/mol. The molecule has 3 aromatic rings. The van der Waals surface area contributed by atoms with Crippen LogP contribution in [-0.2, 0) is 6.42 Å². The van der Waals surface area contributed by atoms with Crippen LogP contribution in [0.1, 0.15) is 40.3 Å². The fraction of sp³-hybridized carbons (Fsp3) is 0.417. The van der Waals surface area contributed by atoms with E-state index in [2.05, 4.69) is 10.2 Å². The monoisotopic (exact) mass is 515 g/mol. The molecule has 2 aromatic heterocycles. The molecule has 2 saturated carbocycles. The molecule has 3 heterocycles. The van der Waals surface area contributed by atoms with Gasteiger partial charge in [0.2, 0.25) is 5.43 Å². The lowest BCUT2D eigenvalue weighted by atomic mass is 9.87. The SMILES string of the molecule is CN1C(=O)c2c(O)c(=O)c(-c3nnc(Cc4ccc(F)cc4F)s3)cn2N(C)C12CC[C@@H]1C[C@@]12CO. The highest BCUT2D eigenvalue weighted by molar-refractivity contribution is 7.14. The van der Waals surface area contributed by atoms with Gasteiger partial charge in [0.25, 0.3) is 5.91 Å². The number of carbonyl (C=O) groups excluding carboxylic acids is 1. The van der Waals surface area contributed by atoms with Gasteiger partial charge in [0, 0.05) is 38.2 Å². The smallest absolute Gasteiger partial charge is 0.278 e. The summed E-state index contributed by atoms with van der Waals surface area (Å²) in [6, 6.07) is 3.27. The van der Waals surface area contributed by atoms with Crippen LogP contribution >= 0.6 is 11.3 Å². The fourth-order valence-corrected chi connectivity index (χ4v) is 7.21. The molecule has 1 spiro atoms. The van der Waals surface area contributed by atoms with Gasteiger partial charge in [0.05, 0.1) is 12.2 Å². The van der Waals surface area contributed by atoms with Crippen LogP contribution in [0.3, 0.4) is 0 Å². The number of fused-ring (bicyclic) bond motifs is 3. The number of aliphatic hydroxyl groups is 1. The largest absolute Gasteiger partial charge is 0.502 e. The van der Waals surface area contributed by atoms with E-state index in [-0.39, 0.29) is 34.9 Å². The Kier molecular flexibility index (Phi) is 4.84. The Morgan fingerprint density at radius 2 is 2.00 bits per heavy atom. The van der Waals surface area contributed by atoms with Gasteiger partial charge in [-0.15, -0.1) is 10.2 Å². The van der Waals surface area contributed by atoms with E-state index in [0.717, 1.165) is 36.3 Å². The molecule has 6 rings (SSSR count). The van der Waals surface area contributed by atoms with E-state index in [0.29, 0.717) is 17.3 Å². The number of hydrogen-bond acceptors (Lipinski definition) is 8. The zero-order chi connectivity index (χ0) is 25.6. The van der Waals surface area contributed by atoms with E-state index >= 15 is 0 Å². The molecule has 3 aliphatic rings. The molecule has 0 saturated heterocycles. The van der Waals surface area contributed by atoms with Crippen molar-refractivity contribution in [3.63, 3.8) is 0 Å². The number of rotatable bonds is 4. The number of halogens is 2. The highest BCUT2D eigenvalue weighted by Crippen LogP contribution is 2.70. The van der Waals surface area contributed by atoms with Gasteiger partial charge in [-0.3, -0.25) is 19.3 Å². The quantitative estimate of drug-likeness (QED) is 0.547. The minimum atomic E-state index is -0.804. The minimum absolute atomic E-state index is 0.0438. The second-order valence-corrected chi connectivity index (χ2v) is 10.8. The number of benzene rings is 1. The number of nitrogens with zero attached hydrogens (tertiary/aromatic N) is 5. The maximum absolute atomic E-state index is 14.1. The molecule has 0 bridgehead atoms. The third kappa shape index (κ3) is 2.82. The summed E-state index contributed by atoms with van der Waals surface area (Å²) >= 11 is 1.05. The second-order valence-electron chi connectivity index (χ2n) is 9.79. The third-order valence-corrected chi connectivity index (χ3v) is 9.25. The van der Waals surface area contributed by atoms with Crippen LogP contribution < -0.4 is 10.4 Å². The van der Waals surface area contributed by atoms with E-state index in [1.807, 2.05) is 5.01 Å². The minimum Gasteiger partial charge on any atom is -0.502 e. The number of aromatic nitrogens is 3. The number of pyridine rings is 1. The van der Waals surface area contributed by atoms with Crippen LogP contribution in [0.25, 0.3) is 10.6 Å². The Labute approximate surface area is 208 Å². The van der Waals surface area contributed by atoms with Crippen molar-refractivity contribution in [2.24, 2.45) is 11.3 Å². The van der Waals surface area contributed by atoms with Crippen molar-refractivity contribution in [1.29, 1.82) is 0 Å². The van der Waals surface area contributed by atoms with Gasteiger partial charge in [-0.1, -0.05) is 17.4 Å². The second kappa shape index (κ2) is 7.56. The summed E-state index contributed by atoms with van der Waals surface area (Å²) in [5.74, 6) is -2.29. The van der Waals surface area contributed by atoms with Crippen LogP contribution in [0.2, 0.25) is 0 Å². The molecule has 2 fully saturated rings. The van der Waals surface area contributed by atoms with Crippen LogP contribution in [0.5, 0.6) is 5.75 Å². The first-order chi connectivity index (χ1) is 17.1. The summed E-state index contributed by atoms with van der Waals surface area (Å²) in [5.41, 5.74) is -1.93. The average Bonchev–Trinajstić information content (AvgIpc) is 3.23. The van der Waals surface area contributed by atoms with Crippen molar-refractivity contribution in [1.82, 2.24) is 19.8 Å². The summed E-state index contributed by atoms with van der Waals surface area (Å²) in [4.78, 5) is 28.1.